The average Bonchev–Trinajstić information content (AvgIpc) is 3.00. The molecule has 0 bridgehead atoms. The Morgan fingerprint density at radius 3 is 2.55 bits per heavy atom. The third kappa shape index (κ3) is 5.52. The molecule has 0 aliphatic carbocycles. The average molecular weight is 436 g/mol. The molecule has 2 heterocycles. The normalized spacial score (nSPS) is 11.2. The fourth-order valence-electron chi connectivity index (χ4n) is 1.73. The van der Waals surface area contributed by atoms with Gasteiger partial charge in [0.2, 0.25) is 5.89 Å². The highest BCUT2D eigenvalue weighted by Crippen LogP contribution is 2.16. The standard InChI is InChI=1S/C13H20N6OS.HI/c1-8-9(2)21-12(17-8)5-6-15-13(14-4)16-7-11-18-10(3)19-20-11;/h5-7H2,1-4H3,(H2,14,15,16);1H. The summed E-state index contributed by atoms with van der Waals surface area (Å²) in [6.45, 7) is 7.15. The number of hydrogen-bond donors (Lipinski definition) is 2. The van der Waals surface area contributed by atoms with Crippen LogP contribution in [0.25, 0.3) is 0 Å². The third-order valence-corrected chi connectivity index (χ3v) is 4.04. The minimum atomic E-state index is 0. The van der Waals surface area contributed by atoms with Crippen LogP contribution in [-0.4, -0.2) is 34.7 Å². The fourth-order valence-corrected chi connectivity index (χ4v) is 2.66. The molecule has 0 spiro atoms. The second kappa shape index (κ2) is 9.03. The van der Waals surface area contributed by atoms with Crippen LogP contribution in [0.2, 0.25) is 0 Å². The molecule has 9 heteroatoms. The molecule has 0 aliphatic rings. The van der Waals surface area contributed by atoms with Crippen molar-refractivity contribution in [2.75, 3.05) is 13.6 Å². The Kier molecular flexibility index (Phi) is 7.73. The number of thiazole rings is 1. The number of nitrogens with one attached hydrogen (secondary N) is 2. The van der Waals surface area contributed by atoms with Crippen LogP contribution in [-0.2, 0) is 13.0 Å². The van der Waals surface area contributed by atoms with Crippen molar-refractivity contribution in [3.8, 4) is 0 Å². The zero-order chi connectivity index (χ0) is 15.2. The van der Waals surface area contributed by atoms with Crippen LogP contribution in [0, 0.1) is 20.8 Å². The van der Waals surface area contributed by atoms with Crippen molar-refractivity contribution in [1.82, 2.24) is 25.8 Å². The first-order valence-corrected chi connectivity index (χ1v) is 7.56. The van der Waals surface area contributed by atoms with E-state index in [-0.39, 0.29) is 24.0 Å². The second-order valence-corrected chi connectivity index (χ2v) is 5.87. The Morgan fingerprint density at radius 2 is 2.00 bits per heavy atom. The number of rotatable bonds is 5. The van der Waals surface area contributed by atoms with Crippen molar-refractivity contribution < 1.29 is 4.52 Å². The van der Waals surface area contributed by atoms with Gasteiger partial charge in [-0.3, -0.25) is 4.99 Å². The summed E-state index contributed by atoms with van der Waals surface area (Å²) in [5.74, 6) is 1.88. The Labute approximate surface area is 151 Å². The lowest BCUT2D eigenvalue weighted by Crippen LogP contribution is -2.37. The third-order valence-electron chi connectivity index (χ3n) is 2.90. The van der Waals surface area contributed by atoms with Gasteiger partial charge in [-0.25, -0.2) is 4.98 Å². The molecule has 122 valence electrons. The molecule has 0 aliphatic heterocycles. The molecule has 0 fully saturated rings. The lowest BCUT2D eigenvalue weighted by atomic mass is 10.4. The summed E-state index contributed by atoms with van der Waals surface area (Å²) in [5.41, 5.74) is 1.12. The lowest BCUT2D eigenvalue weighted by molar-refractivity contribution is 0.371. The molecule has 2 aromatic rings. The van der Waals surface area contributed by atoms with Gasteiger partial charge >= 0.3 is 0 Å². The maximum atomic E-state index is 5.03. The number of aryl methyl sites for hydroxylation is 3. The van der Waals surface area contributed by atoms with E-state index in [0.29, 0.717) is 24.2 Å². The van der Waals surface area contributed by atoms with Gasteiger partial charge < -0.3 is 15.2 Å². The number of halogens is 1. The fraction of sp³-hybridized carbons (Fsp3) is 0.538. The molecule has 2 N–H and O–H groups in total. The van der Waals surface area contributed by atoms with Crippen LogP contribution in [0.1, 0.15) is 27.3 Å². The van der Waals surface area contributed by atoms with E-state index >= 15 is 0 Å². The van der Waals surface area contributed by atoms with Gasteiger partial charge in [0.25, 0.3) is 0 Å². The van der Waals surface area contributed by atoms with Gasteiger partial charge in [0.05, 0.1) is 17.2 Å². The number of aromatic nitrogens is 3. The first-order chi connectivity index (χ1) is 10.1. The molecule has 0 atom stereocenters. The Hall–Kier alpha value is -1.23. The monoisotopic (exact) mass is 436 g/mol. The summed E-state index contributed by atoms with van der Waals surface area (Å²) < 4.78 is 5.03. The summed E-state index contributed by atoms with van der Waals surface area (Å²) in [7, 11) is 1.73. The molecule has 0 amide bonds. The van der Waals surface area contributed by atoms with Crippen molar-refractivity contribution >= 4 is 41.3 Å². The van der Waals surface area contributed by atoms with Crippen molar-refractivity contribution in [1.29, 1.82) is 0 Å². The molecule has 0 radical (unpaired) electrons. The second-order valence-electron chi connectivity index (χ2n) is 4.59. The summed E-state index contributed by atoms with van der Waals surface area (Å²) in [4.78, 5) is 14.1. The summed E-state index contributed by atoms with van der Waals surface area (Å²) in [6, 6.07) is 0. The quantitative estimate of drug-likeness (QED) is 0.424. The number of guanidine groups is 1. The van der Waals surface area contributed by atoms with Gasteiger partial charge in [-0.15, -0.1) is 35.3 Å². The minimum absolute atomic E-state index is 0. The predicted octanol–water partition coefficient (Wildman–Crippen LogP) is 1.98. The first-order valence-electron chi connectivity index (χ1n) is 6.75. The Bertz CT molecular complexity index is 604. The van der Waals surface area contributed by atoms with Crippen molar-refractivity contribution in [2.45, 2.75) is 33.7 Å². The van der Waals surface area contributed by atoms with E-state index in [1.54, 1.807) is 25.3 Å². The van der Waals surface area contributed by atoms with Crippen LogP contribution in [0.4, 0.5) is 0 Å². The van der Waals surface area contributed by atoms with Crippen LogP contribution < -0.4 is 10.6 Å². The highest BCUT2D eigenvalue weighted by molar-refractivity contribution is 14.0. The van der Waals surface area contributed by atoms with Crippen molar-refractivity contribution in [3.63, 3.8) is 0 Å². The van der Waals surface area contributed by atoms with Gasteiger partial charge in [-0.2, -0.15) is 4.98 Å². The smallest absolute Gasteiger partial charge is 0.246 e. The van der Waals surface area contributed by atoms with Gasteiger partial charge in [-0.1, -0.05) is 5.16 Å². The lowest BCUT2D eigenvalue weighted by Gasteiger charge is -2.09. The molecular formula is C13H21IN6OS. The van der Waals surface area contributed by atoms with E-state index in [2.05, 4.69) is 37.7 Å². The zero-order valence-corrected chi connectivity index (χ0v) is 16.3. The minimum Gasteiger partial charge on any atom is -0.356 e. The van der Waals surface area contributed by atoms with Gasteiger partial charge in [-0.05, 0) is 20.8 Å². The van der Waals surface area contributed by atoms with Crippen LogP contribution in [0.3, 0.4) is 0 Å². The van der Waals surface area contributed by atoms with Gasteiger partial charge in [0.1, 0.15) is 0 Å². The van der Waals surface area contributed by atoms with Gasteiger partial charge in [0, 0.05) is 24.9 Å². The maximum absolute atomic E-state index is 5.03. The molecule has 22 heavy (non-hydrogen) atoms. The van der Waals surface area contributed by atoms with E-state index < -0.39 is 0 Å². The number of hydrogen-bond acceptors (Lipinski definition) is 6. The zero-order valence-electron chi connectivity index (χ0n) is 13.1. The Morgan fingerprint density at radius 1 is 1.23 bits per heavy atom. The molecule has 0 saturated heterocycles. The topological polar surface area (TPSA) is 88.2 Å². The highest BCUT2D eigenvalue weighted by Gasteiger charge is 2.06. The van der Waals surface area contributed by atoms with E-state index in [0.717, 1.165) is 23.7 Å². The van der Waals surface area contributed by atoms with E-state index in [1.807, 2.05) is 6.92 Å². The predicted molar refractivity (Wildman–Crippen MR) is 97.9 cm³/mol. The van der Waals surface area contributed by atoms with E-state index in [1.165, 1.54) is 4.88 Å². The van der Waals surface area contributed by atoms with Crippen molar-refractivity contribution in [3.05, 3.63) is 27.3 Å². The maximum Gasteiger partial charge on any atom is 0.246 e. The Balaban J connectivity index is 0.00000242. The van der Waals surface area contributed by atoms with E-state index in [9.17, 15) is 0 Å². The highest BCUT2D eigenvalue weighted by atomic mass is 127. The molecule has 7 nitrogen and oxygen atoms in total. The molecule has 0 saturated carbocycles. The summed E-state index contributed by atoms with van der Waals surface area (Å²) in [6.07, 6.45) is 0.875. The molecule has 2 aromatic heterocycles. The summed E-state index contributed by atoms with van der Waals surface area (Å²) in [5, 5.41) is 11.2. The molecule has 2 rings (SSSR count). The van der Waals surface area contributed by atoms with Crippen molar-refractivity contribution in [2.24, 2.45) is 4.99 Å². The summed E-state index contributed by atoms with van der Waals surface area (Å²) >= 11 is 1.74. The molecular weight excluding hydrogens is 415 g/mol. The van der Waals surface area contributed by atoms with Crippen LogP contribution in [0.15, 0.2) is 9.52 Å². The largest absolute Gasteiger partial charge is 0.356 e. The van der Waals surface area contributed by atoms with Crippen LogP contribution >= 0.6 is 35.3 Å². The molecule has 0 unspecified atom stereocenters. The SMILES string of the molecule is CN=C(NCCc1nc(C)c(C)s1)NCc1nc(C)no1.I. The number of aliphatic imine (C=N–C) groups is 1. The van der Waals surface area contributed by atoms with Crippen LogP contribution in [0.5, 0.6) is 0 Å². The van der Waals surface area contributed by atoms with E-state index in [4.69, 9.17) is 4.52 Å². The van der Waals surface area contributed by atoms with Gasteiger partial charge in [0.15, 0.2) is 11.8 Å². The first kappa shape index (κ1) is 18.8. The molecule has 0 aromatic carbocycles. The number of nitrogens with zero attached hydrogens (tertiary/aromatic N) is 4.